The molecule has 2 rings (SSSR count). The van der Waals surface area contributed by atoms with Crippen LogP contribution in [0, 0.1) is 5.82 Å². The molecule has 110 valence electrons. The summed E-state index contributed by atoms with van der Waals surface area (Å²) in [7, 11) is -2.35. The van der Waals surface area contributed by atoms with E-state index in [-0.39, 0.29) is 6.54 Å². The van der Waals surface area contributed by atoms with Crippen LogP contribution >= 0.6 is 11.6 Å². The van der Waals surface area contributed by atoms with E-state index >= 15 is 0 Å². The van der Waals surface area contributed by atoms with E-state index < -0.39 is 27.5 Å². The van der Waals surface area contributed by atoms with E-state index in [1.165, 1.54) is 24.1 Å². The van der Waals surface area contributed by atoms with Crippen molar-refractivity contribution in [2.45, 2.75) is 13.0 Å². The molecular formula is C12H14ClFN2O3S. The highest BCUT2D eigenvalue weighted by Crippen LogP contribution is 2.27. The number of benzene rings is 1. The molecule has 0 unspecified atom stereocenters. The summed E-state index contributed by atoms with van der Waals surface area (Å²) in [5, 5.41) is 0.343. The molecule has 1 N–H and O–H groups in total. The first-order valence-electron chi connectivity index (χ1n) is 5.98. The quantitative estimate of drug-likeness (QED) is 0.900. The first-order chi connectivity index (χ1) is 9.32. The van der Waals surface area contributed by atoms with E-state index in [9.17, 15) is 17.6 Å². The Kier molecular flexibility index (Phi) is 4.31. The van der Waals surface area contributed by atoms with Crippen LogP contribution < -0.4 is 4.72 Å². The first-order valence-corrected chi connectivity index (χ1v) is 8.01. The molecule has 1 amide bonds. The SMILES string of the molecule is CNS(=O)(=O)CC(=O)N1CCc2c(Cl)cc(F)cc2C1. The van der Waals surface area contributed by atoms with Gasteiger partial charge in [-0.2, -0.15) is 0 Å². The minimum Gasteiger partial charge on any atom is -0.337 e. The minimum atomic E-state index is -3.60. The lowest BCUT2D eigenvalue weighted by Crippen LogP contribution is -2.41. The summed E-state index contributed by atoms with van der Waals surface area (Å²) in [6.45, 7) is 0.543. The monoisotopic (exact) mass is 320 g/mol. The average molecular weight is 321 g/mol. The number of nitrogens with one attached hydrogen (secondary N) is 1. The molecule has 0 fully saturated rings. The molecular weight excluding hydrogens is 307 g/mol. The molecule has 0 aromatic heterocycles. The Morgan fingerprint density at radius 3 is 2.85 bits per heavy atom. The van der Waals surface area contributed by atoms with Crippen molar-refractivity contribution in [3.63, 3.8) is 0 Å². The van der Waals surface area contributed by atoms with Crippen molar-refractivity contribution in [3.05, 3.63) is 34.1 Å². The molecule has 0 saturated heterocycles. The lowest BCUT2D eigenvalue weighted by molar-refractivity contribution is -0.129. The van der Waals surface area contributed by atoms with Gasteiger partial charge in [0.1, 0.15) is 11.6 Å². The maximum atomic E-state index is 13.3. The molecule has 1 heterocycles. The van der Waals surface area contributed by atoms with Gasteiger partial charge in [0.15, 0.2) is 0 Å². The number of halogens is 2. The highest BCUT2D eigenvalue weighted by atomic mass is 35.5. The van der Waals surface area contributed by atoms with Gasteiger partial charge in [-0.15, -0.1) is 0 Å². The van der Waals surface area contributed by atoms with Gasteiger partial charge in [-0.05, 0) is 36.7 Å². The second kappa shape index (κ2) is 5.67. The van der Waals surface area contributed by atoms with Gasteiger partial charge in [-0.1, -0.05) is 11.6 Å². The highest BCUT2D eigenvalue weighted by Gasteiger charge is 2.25. The van der Waals surface area contributed by atoms with Crippen LogP contribution in [0.3, 0.4) is 0 Å². The lowest BCUT2D eigenvalue weighted by atomic mass is 9.99. The summed E-state index contributed by atoms with van der Waals surface area (Å²) in [5.74, 6) is -1.58. The van der Waals surface area contributed by atoms with Crippen molar-refractivity contribution in [1.82, 2.24) is 9.62 Å². The van der Waals surface area contributed by atoms with Crippen LogP contribution in [0.2, 0.25) is 5.02 Å². The Bertz CT molecular complexity index is 648. The third-order valence-corrected chi connectivity index (χ3v) is 4.81. The molecule has 1 aromatic rings. The number of carbonyl (C=O) groups excluding carboxylic acids is 1. The summed E-state index contributed by atoms with van der Waals surface area (Å²) in [4.78, 5) is 13.3. The molecule has 0 atom stereocenters. The molecule has 1 aliphatic heterocycles. The van der Waals surface area contributed by atoms with E-state index in [1.54, 1.807) is 0 Å². The fourth-order valence-electron chi connectivity index (χ4n) is 2.15. The van der Waals surface area contributed by atoms with Gasteiger partial charge >= 0.3 is 0 Å². The zero-order valence-electron chi connectivity index (χ0n) is 10.8. The largest absolute Gasteiger partial charge is 0.337 e. The Hall–Kier alpha value is -1.18. The maximum Gasteiger partial charge on any atom is 0.239 e. The average Bonchev–Trinajstić information content (AvgIpc) is 2.37. The lowest BCUT2D eigenvalue weighted by Gasteiger charge is -2.29. The minimum absolute atomic E-state index is 0.172. The molecule has 1 aliphatic rings. The number of carbonyl (C=O) groups is 1. The zero-order chi connectivity index (χ0) is 14.9. The van der Waals surface area contributed by atoms with Crippen LogP contribution in [-0.2, 0) is 27.8 Å². The number of nitrogens with zero attached hydrogens (tertiary/aromatic N) is 1. The van der Waals surface area contributed by atoms with E-state index in [0.717, 1.165) is 5.56 Å². The van der Waals surface area contributed by atoms with Crippen LogP contribution in [0.5, 0.6) is 0 Å². The standard InChI is InChI=1S/C12H14ClFN2O3S/c1-15-20(18,19)7-12(17)16-3-2-10-8(6-16)4-9(14)5-11(10)13/h4-5,15H,2-3,6-7H2,1H3. The number of hydrogen-bond donors (Lipinski definition) is 1. The first kappa shape index (κ1) is 15.2. The number of hydrogen-bond acceptors (Lipinski definition) is 3. The second-order valence-electron chi connectivity index (χ2n) is 4.55. The van der Waals surface area contributed by atoms with Crippen molar-refractivity contribution in [3.8, 4) is 0 Å². The third kappa shape index (κ3) is 3.28. The molecule has 0 bridgehead atoms. The fraction of sp³-hybridized carbons (Fsp3) is 0.417. The van der Waals surface area contributed by atoms with Crippen molar-refractivity contribution >= 4 is 27.5 Å². The van der Waals surface area contributed by atoms with Gasteiger partial charge in [-0.25, -0.2) is 17.5 Å². The number of rotatable bonds is 3. The molecule has 0 aliphatic carbocycles. The van der Waals surface area contributed by atoms with Gasteiger partial charge < -0.3 is 4.90 Å². The van der Waals surface area contributed by atoms with Gasteiger partial charge in [0.2, 0.25) is 15.9 Å². The molecule has 5 nitrogen and oxygen atoms in total. The van der Waals surface area contributed by atoms with Crippen molar-refractivity contribution in [2.24, 2.45) is 0 Å². The van der Waals surface area contributed by atoms with Crippen LogP contribution in [0.4, 0.5) is 4.39 Å². The predicted molar refractivity (Wildman–Crippen MR) is 73.4 cm³/mol. The number of amides is 1. The van der Waals surface area contributed by atoms with Crippen LogP contribution in [0.25, 0.3) is 0 Å². The topological polar surface area (TPSA) is 66.5 Å². The van der Waals surface area contributed by atoms with Gasteiger partial charge in [0.25, 0.3) is 0 Å². The van der Waals surface area contributed by atoms with Crippen molar-refractivity contribution in [1.29, 1.82) is 0 Å². The van der Waals surface area contributed by atoms with Gasteiger partial charge in [-0.3, -0.25) is 4.79 Å². The summed E-state index contributed by atoms with van der Waals surface area (Å²) in [6, 6.07) is 2.57. The van der Waals surface area contributed by atoms with Crippen LogP contribution in [0.1, 0.15) is 11.1 Å². The zero-order valence-corrected chi connectivity index (χ0v) is 12.4. The van der Waals surface area contributed by atoms with Gasteiger partial charge in [0.05, 0.1) is 0 Å². The molecule has 0 saturated carbocycles. The van der Waals surface area contributed by atoms with E-state index in [2.05, 4.69) is 4.72 Å². The molecule has 0 spiro atoms. The van der Waals surface area contributed by atoms with Crippen LogP contribution in [-0.4, -0.2) is 38.6 Å². The predicted octanol–water partition coefficient (Wildman–Crippen LogP) is 0.913. The Morgan fingerprint density at radius 2 is 2.20 bits per heavy atom. The highest BCUT2D eigenvalue weighted by molar-refractivity contribution is 7.90. The van der Waals surface area contributed by atoms with E-state index in [1.807, 2.05) is 0 Å². The molecule has 1 aromatic carbocycles. The fourth-order valence-corrected chi connectivity index (χ4v) is 3.12. The molecule has 8 heteroatoms. The van der Waals surface area contributed by atoms with E-state index in [4.69, 9.17) is 11.6 Å². The van der Waals surface area contributed by atoms with Crippen molar-refractivity contribution < 1.29 is 17.6 Å². The Labute approximate surface area is 121 Å². The van der Waals surface area contributed by atoms with Gasteiger partial charge in [0, 0.05) is 18.1 Å². The summed E-state index contributed by atoms with van der Waals surface area (Å²) in [5.41, 5.74) is 1.44. The molecule has 20 heavy (non-hydrogen) atoms. The second-order valence-corrected chi connectivity index (χ2v) is 6.89. The summed E-state index contributed by atoms with van der Waals surface area (Å²) >= 11 is 5.95. The normalized spacial score (nSPS) is 15.1. The number of fused-ring (bicyclic) bond motifs is 1. The smallest absolute Gasteiger partial charge is 0.239 e. The van der Waals surface area contributed by atoms with E-state index in [0.29, 0.717) is 23.6 Å². The molecule has 0 radical (unpaired) electrons. The third-order valence-electron chi connectivity index (χ3n) is 3.22. The summed E-state index contributed by atoms with van der Waals surface area (Å²) < 4.78 is 38.1. The Morgan fingerprint density at radius 1 is 1.50 bits per heavy atom. The number of sulfonamides is 1. The summed E-state index contributed by atoms with van der Waals surface area (Å²) in [6.07, 6.45) is 0.486. The Balaban J connectivity index is 2.17. The van der Waals surface area contributed by atoms with Crippen molar-refractivity contribution in [2.75, 3.05) is 19.3 Å². The van der Waals surface area contributed by atoms with Crippen LogP contribution in [0.15, 0.2) is 12.1 Å². The maximum absolute atomic E-state index is 13.3.